The second kappa shape index (κ2) is 5.21. The van der Waals surface area contributed by atoms with Crippen LogP contribution in [-0.4, -0.2) is 16.5 Å². The van der Waals surface area contributed by atoms with Crippen molar-refractivity contribution in [3.05, 3.63) is 54.2 Å². The molecule has 16 heavy (non-hydrogen) atoms. The van der Waals surface area contributed by atoms with E-state index < -0.39 is 0 Å². The Hall–Kier alpha value is -1.97. The van der Waals surface area contributed by atoms with Crippen molar-refractivity contribution >= 4 is 5.82 Å². The molecule has 0 fully saturated rings. The Morgan fingerprint density at radius 3 is 2.75 bits per heavy atom. The van der Waals surface area contributed by atoms with Crippen LogP contribution in [0.25, 0.3) is 0 Å². The molecule has 0 bridgehead atoms. The van der Waals surface area contributed by atoms with E-state index in [-0.39, 0.29) is 5.82 Å². The van der Waals surface area contributed by atoms with E-state index in [9.17, 15) is 4.39 Å². The molecule has 3 nitrogen and oxygen atoms in total. The van der Waals surface area contributed by atoms with Crippen LogP contribution in [0.4, 0.5) is 10.2 Å². The number of halogens is 1. The van der Waals surface area contributed by atoms with Gasteiger partial charge in [0.05, 0.1) is 6.20 Å². The van der Waals surface area contributed by atoms with Crippen molar-refractivity contribution in [1.82, 2.24) is 9.97 Å². The van der Waals surface area contributed by atoms with Gasteiger partial charge in [-0.25, -0.2) is 9.37 Å². The molecule has 1 N–H and O–H groups in total. The standard InChI is InChI=1S/C12H12FN3/c13-10-4-5-12(16-9-10)15-8-6-11-3-1-2-7-14-11/h1-5,7,9H,6,8H2,(H,15,16). The summed E-state index contributed by atoms with van der Waals surface area (Å²) in [5.41, 5.74) is 1.03. The van der Waals surface area contributed by atoms with E-state index in [1.54, 1.807) is 12.3 Å². The molecule has 82 valence electrons. The summed E-state index contributed by atoms with van der Waals surface area (Å²) in [5.74, 6) is 0.354. The molecule has 4 heteroatoms. The molecule has 2 rings (SSSR count). The maximum atomic E-state index is 12.6. The zero-order chi connectivity index (χ0) is 11.2. The molecule has 0 unspecified atom stereocenters. The Morgan fingerprint density at radius 2 is 2.06 bits per heavy atom. The summed E-state index contributed by atoms with van der Waals surface area (Å²) in [6, 6.07) is 8.82. The normalized spacial score (nSPS) is 10.1. The molecule has 0 saturated carbocycles. The number of hydrogen-bond acceptors (Lipinski definition) is 3. The van der Waals surface area contributed by atoms with E-state index >= 15 is 0 Å². The summed E-state index contributed by atoms with van der Waals surface area (Å²) >= 11 is 0. The lowest BCUT2D eigenvalue weighted by atomic mass is 10.3. The van der Waals surface area contributed by atoms with Crippen LogP contribution < -0.4 is 5.32 Å². The van der Waals surface area contributed by atoms with E-state index in [0.717, 1.165) is 18.7 Å². The summed E-state index contributed by atoms with van der Waals surface area (Å²) in [7, 11) is 0. The monoisotopic (exact) mass is 217 g/mol. The molecule has 0 aliphatic carbocycles. The Bertz CT molecular complexity index is 428. The average Bonchev–Trinajstić information content (AvgIpc) is 2.33. The smallest absolute Gasteiger partial charge is 0.141 e. The van der Waals surface area contributed by atoms with Crippen LogP contribution in [0.1, 0.15) is 5.69 Å². The van der Waals surface area contributed by atoms with Gasteiger partial charge in [0, 0.05) is 24.9 Å². The summed E-state index contributed by atoms with van der Waals surface area (Å²) in [6.07, 6.45) is 3.79. The van der Waals surface area contributed by atoms with Crippen molar-refractivity contribution in [2.45, 2.75) is 6.42 Å². The first-order chi connectivity index (χ1) is 7.84. The molecule has 2 aromatic rings. The number of aromatic nitrogens is 2. The predicted molar refractivity (Wildman–Crippen MR) is 60.6 cm³/mol. The first kappa shape index (κ1) is 10.5. The first-order valence-electron chi connectivity index (χ1n) is 5.10. The number of hydrogen-bond donors (Lipinski definition) is 1. The highest BCUT2D eigenvalue weighted by Gasteiger charge is 1.95. The van der Waals surface area contributed by atoms with Gasteiger partial charge in [-0.1, -0.05) is 6.07 Å². The van der Waals surface area contributed by atoms with E-state index in [2.05, 4.69) is 15.3 Å². The van der Waals surface area contributed by atoms with E-state index in [4.69, 9.17) is 0 Å². The lowest BCUT2D eigenvalue weighted by Crippen LogP contribution is -2.06. The number of rotatable bonds is 4. The van der Waals surface area contributed by atoms with Crippen LogP contribution in [-0.2, 0) is 6.42 Å². The maximum absolute atomic E-state index is 12.6. The molecule has 0 radical (unpaired) electrons. The molecule has 2 aromatic heterocycles. The molecule has 2 heterocycles. The Balaban J connectivity index is 1.82. The van der Waals surface area contributed by atoms with Crippen molar-refractivity contribution in [2.24, 2.45) is 0 Å². The highest BCUT2D eigenvalue weighted by Crippen LogP contribution is 2.03. The third-order valence-electron chi connectivity index (χ3n) is 2.14. The van der Waals surface area contributed by atoms with Crippen molar-refractivity contribution in [3.63, 3.8) is 0 Å². The Kier molecular flexibility index (Phi) is 3.43. The van der Waals surface area contributed by atoms with Gasteiger partial charge in [-0.2, -0.15) is 0 Å². The fourth-order valence-electron chi connectivity index (χ4n) is 1.35. The third-order valence-corrected chi connectivity index (χ3v) is 2.14. The van der Waals surface area contributed by atoms with Gasteiger partial charge in [0.15, 0.2) is 0 Å². The van der Waals surface area contributed by atoms with Gasteiger partial charge >= 0.3 is 0 Å². The van der Waals surface area contributed by atoms with Crippen LogP contribution in [0.3, 0.4) is 0 Å². The fraction of sp³-hybridized carbons (Fsp3) is 0.167. The van der Waals surface area contributed by atoms with Gasteiger partial charge in [-0.3, -0.25) is 4.98 Å². The third kappa shape index (κ3) is 3.02. The summed E-state index contributed by atoms with van der Waals surface area (Å²) in [4.78, 5) is 8.11. The molecule has 0 spiro atoms. The second-order valence-corrected chi connectivity index (χ2v) is 3.36. The second-order valence-electron chi connectivity index (χ2n) is 3.36. The summed E-state index contributed by atoms with van der Waals surface area (Å²) in [6.45, 7) is 0.732. The molecule has 0 amide bonds. The van der Waals surface area contributed by atoms with E-state index in [1.165, 1.54) is 12.3 Å². The largest absolute Gasteiger partial charge is 0.370 e. The van der Waals surface area contributed by atoms with Crippen LogP contribution in [0.5, 0.6) is 0 Å². The molecule has 0 saturated heterocycles. The van der Waals surface area contributed by atoms with E-state index in [1.807, 2.05) is 18.2 Å². The minimum absolute atomic E-state index is 0.324. The van der Waals surface area contributed by atoms with Gasteiger partial charge in [0.25, 0.3) is 0 Å². The molecule has 0 atom stereocenters. The highest BCUT2D eigenvalue weighted by molar-refractivity contribution is 5.33. The van der Waals surface area contributed by atoms with E-state index in [0.29, 0.717) is 5.82 Å². The highest BCUT2D eigenvalue weighted by atomic mass is 19.1. The van der Waals surface area contributed by atoms with Crippen LogP contribution in [0.15, 0.2) is 42.7 Å². The molecular weight excluding hydrogens is 205 g/mol. The average molecular weight is 217 g/mol. The van der Waals surface area contributed by atoms with Crippen molar-refractivity contribution in [3.8, 4) is 0 Å². The van der Waals surface area contributed by atoms with Crippen LogP contribution in [0.2, 0.25) is 0 Å². The minimum Gasteiger partial charge on any atom is -0.370 e. The Morgan fingerprint density at radius 1 is 1.12 bits per heavy atom. The number of nitrogens with one attached hydrogen (secondary N) is 1. The number of nitrogens with zero attached hydrogens (tertiary/aromatic N) is 2. The lowest BCUT2D eigenvalue weighted by molar-refractivity contribution is 0.621. The Labute approximate surface area is 93.4 Å². The topological polar surface area (TPSA) is 37.8 Å². The summed E-state index contributed by atoms with van der Waals surface area (Å²) in [5, 5.41) is 3.10. The maximum Gasteiger partial charge on any atom is 0.141 e. The lowest BCUT2D eigenvalue weighted by Gasteiger charge is -2.04. The molecular formula is C12H12FN3. The number of pyridine rings is 2. The van der Waals surface area contributed by atoms with Crippen molar-refractivity contribution < 1.29 is 4.39 Å². The quantitative estimate of drug-likeness (QED) is 0.853. The van der Waals surface area contributed by atoms with Crippen molar-refractivity contribution in [1.29, 1.82) is 0 Å². The number of anilines is 1. The SMILES string of the molecule is Fc1ccc(NCCc2ccccn2)nc1. The van der Waals surface area contributed by atoms with Gasteiger partial charge < -0.3 is 5.32 Å². The van der Waals surface area contributed by atoms with Crippen LogP contribution >= 0.6 is 0 Å². The van der Waals surface area contributed by atoms with Gasteiger partial charge in [0.1, 0.15) is 11.6 Å². The minimum atomic E-state index is -0.324. The van der Waals surface area contributed by atoms with Crippen LogP contribution in [0, 0.1) is 5.82 Å². The van der Waals surface area contributed by atoms with Gasteiger partial charge in [-0.15, -0.1) is 0 Å². The zero-order valence-corrected chi connectivity index (χ0v) is 8.73. The fourth-order valence-corrected chi connectivity index (χ4v) is 1.35. The molecule has 0 aromatic carbocycles. The first-order valence-corrected chi connectivity index (χ1v) is 5.10. The molecule has 0 aliphatic heterocycles. The van der Waals surface area contributed by atoms with Gasteiger partial charge in [0.2, 0.25) is 0 Å². The summed E-state index contributed by atoms with van der Waals surface area (Å²) < 4.78 is 12.6. The van der Waals surface area contributed by atoms with Gasteiger partial charge in [-0.05, 0) is 24.3 Å². The van der Waals surface area contributed by atoms with Crippen molar-refractivity contribution in [2.75, 3.05) is 11.9 Å². The predicted octanol–water partition coefficient (Wildman–Crippen LogP) is 2.27. The zero-order valence-electron chi connectivity index (χ0n) is 8.73. The molecule has 0 aliphatic rings.